The van der Waals surface area contributed by atoms with E-state index in [4.69, 9.17) is 9.47 Å². The van der Waals surface area contributed by atoms with Crippen molar-refractivity contribution < 1.29 is 14.4 Å². The maximum atomic E-state index is 10.8. The highest BCUT2D eigenvalue weighted by atomic mass is 16.6. The average Bonchev–Trinajstić information content (AvgIpc) is 2.61. The second kappa shape index (κ2) is 7.76. The van der Waals surface area contributed by atoms with Crippen LogP contribution in [-0.2, 0) is 9.47 Å². The van der Waals surface area contributed by atoms with Crippen molar-refractivity contribution in [3.8, 4) is 11.4 Å². The molecule has 1 aliphatic rings. The van der Waals surface area contributed by atoms with E-state index in [0.717, 1.165) is 23.6 Å². The number of anilines is 1. The maximum Gasteiger partial charge on any atom is 0.269 e. The summed E-state index contributed by atoms with van der Waals surface area (Å²) in [5, 5.41) is 10.8. The fourth-order valence-electron chi connectivity index (χ4n) is 3.09. The number of aryl methyl sites for hydroxylation is 1. The molecule has 3 rings (SSSR count). The molecule has 0 aliphatic carbocycles. The first-order valence-corrected chi connectivity index (χ1v) is 8.46. The van der Waals surface area contributed by atoms with Crippen LogP contribution in [0, 0.1) is 17.0 Å². The van der Waals surface area contributed by atoms with Gasteiger partial charge >= 0.3 is 0 Å². The lowest BCUT2D eigenvalue weighted by molar-refractivity contribution is -0.384. The fraction of sp³-hybridized carbons (Fsp3) is 0.444. The number of methoxy groups -OCH3 is 1. The number of rotatable bonds is 5. The van der Waals surface area contributed by atoms with Crippen LogP contribution in [0.5, 0.6) is 0 Å². The molecular formula is C18H22N4O4. The van der Waals surface area contributed by atoms with Gasteiger partial charge in [-0.1, -0.05) is 0 Å². The average molecular weight is 358 g/mol. The fourth-order valence-corrected chi connectivity index (χ4v) is 3.09. The summed E-state index contributed by atoms with van der Waals surface area (Å²) >= 11 is 0. The van der Waals surface area contributed by atoms with Crippen LogP contribution < -0.4 is 4.90 Å². The molecule has 1 saturated heterocycles. The van der Waals surface area contributed by atoms with Crippen molar-refractivity contribution in [3.05, 3.63) is 46.1 Å². The third-order valence-corrected chi connectivity index (χ3v) is 4.18. The van der Waals surface area contributed by atoms with E-state index < -0.39 is 4.92 Å². The van der Waals surface area contributed by atoms with Gasteiger partial charge in [-0.05, 0) is 26.0 Å². The normalized spacial score (nSPS) is 20.2. The predicted octanol–water partition coefficient (Wildman–Crippen LogP) is 2.60. The topological polar surface area (TPSA) is 90.6 Å². The van der Waals surface area contributed by atoms with E-state index >= 15 is 0 Å². The number of benzene rings is 1. The third kappa shape index (κ3) is 4.14. The molecule has 2 heterocycles. The molecule has 0 bridgehead atoms. The van der Waals surface area contributed by atoms with E-state index in [-0.39, 0.29) is 17.9 Å². The number of nitrogens with zero attached hydrogens (tertiary/aromatic N) is 4. The monoisotopic (exact) mass is 358 g/mol. The lowest BCUT2D eigenvalue weighted by atomic mass is 10.2. The van der Waals surface area contributed by atoms with Crippen molar-refractivity contribution in [2.24, 2.45) is 0 Å². The van der Waals surface area contributed by atoms with Crippen molar-refractivity contribution >= 4 is 11.5 Å². The lowest BCUT2D eigenvalue weighted by Gasteiger charge is -2.37. The van der Waals surface area contributed by atoms with E-state index in [2.05, 4.69) is 14.9 Å². The highest BCUT2D eigenvalue weighted by Gasteiger charge is 2.26. The van der Waals surface area contributed by atoms with Gasteiger partial charge in [0.15, 0.2) is 5.82 Å². The summed E-state index contributed by atoms with van der Waals surface area (Å²) in [7, 11) is 1.66. The van der Waals surface area contributed by atoms with Gasteiger partial charge in [-0.15, -0.1) is 0 Å². The minimum atomic E-state index is -0.419. The summed E-state index contributed by atoms with van der Waals surface area (Å²) in [6, 6.07) is 8.22. The molecule has 2 aromatic rings. The van der Waals surface area contributed by atoms with E-state index in [1.54, 1.807) is 19.2 Å². The van der Waals surface area contributed by atoms with Crippen molar-refractivity contribution in [1.29, 1.82) is 0 Å². The molecule has 8 nitrogen and oxygen atoms in total. The summed E-state index contributed by atoms with van der Waals surface area (Å²) in [5.74, 6) is 1.37. The van der Waals surface area contributed by atoms with Crippen LogP contribution in [0.2, 0.25) is 0 Å². The number of nitro groups is 1. The van der Waals surface area contributed by atoms with Gasteiger partial charge in [-0.2, -0.15) is 0 Å². The number of morpholine rings is 1. The van der Waals surface area contributed by atoms with Crippen molar-refractivity contribution in [2.45, 2.75) is 26.1 Å². The Hall–Kier alpha value is -2.58. The minimum Gasteiger partial charge on any atom is -0.382 e. The van der Waals surface area contributed by atoms with Crippen LogP contribution in [0.4, 0.5) is 11.5 Å². The molecule has 1 aliphatic heterocycles. The quantitative estimate of drug-likeness (QED) is 0.599. The zero-order valence-corrected chi connectivity index (χ0v) is 15.1. The van der Waals surface area contributed by atoms with Crippen molar-refractivity contribution in [3.63, 3.8) is 0 Å². The summed E-state index contributed by atoms with van der Waals surface area (Å²) in [5.41, 5.74) is 1.63. The first-order valence-electron chi connectivity index (χ1n) is 8.46. The summed E-state index contributed by atoms with van der Waals surface area (Å²) in [6.45, 7) is 5.89. The molecule has 0 radical (unpaired) electrons. The number of hydrogen-bond donors (Lipinski definition) is 0. The number of non-ortho nitro benzene ring substituents is 1. The van der Waals surface area contributed by atoms with Crippen LogP contribution in [0.15, 0.2) is 30.3 Å². The molecule has 0 amide bonds. The van der Waals surface area contributed by atoms with Crippen LogP contribution in [0.25, 0.3) is 11.4 Å². The Morgan fingerprint density at radius 1 is 1.31 bits per heavy atom. The van der Waals surface area contributed by atoms with E-state index in [1.165, 1.54) is 12.1 Å². The Labute approximate surface area is 151 Å². The third-order valence-electron chi connectivity index (χ3n) is 4.18. The van der Waals surface area contributed by atoms with Crippen LogP contribution in [-0.4, -0.2) is 53.9 Å². The molecule has 1 aromatic carbocycles. The van der Waals surface area contributed by atoms with Gasteiger partial charge in [-0.3, -0.25) is 10.1 Å². The van der Waals surface area contributed by atoms with Gasteiger partial charge in [-0.25, -0.2) is 9.97 Å². The van der Waals surface area contributed by atoms with Gasteiger partial charge in [0.2, 0.25) is 0 Å². The lowest BCUT2D eigenvalue weighted by Crippen LogP contribution is -2.48. The van der Waals surface area contributed by atoms with Gasteiger partial charge in [0.1, 0.15) is 5.82 Å². The van der Waals surface area contributed by atoms with Crippen molar-refractivity contribution in [2.75, 3.05) is 31.7 Å². The van der Waals surface area contributed by atoms with E-state index in [1.807, 2.05) is 19.9 Å². The van der Waals surface area contributed by atoms with Gasteiger partial charge in [0.05, 0.1) is 23.7 Å². The molecule has 1 fully saturated rings. The smallest absolute Gasteiger partial charge is 0.269 e. The molecular weight excluding hydrogens is 336 g/mol. The molecule has 8 heteroatoms. The molecule has 26 heavy (non-hydrogen) atoms. The first kappa shape index (κ1) is 18.2. The van der Waals surface area contributed by atoms with E-state index in [0.29, 0.717) is 19.0 Å². The molecule has 0 spiro atoms. The summed E-state index contributed by atoms with van der Waals surface area (Å²) in [6.07, 6.45) is 0.0591. The number of nitro benzene ring substituents is 1. The highest BCUT2D eigenvalue weighted by Crippen LogP contribution is 2.24. The molecule has 2 unspecified atom stereocenters. The Kier molecular flexibility index (Phi) is 5.43. The SMILES string of the molecule is COCC1CN(c2cc(C)nc(-c3ccc([N+](=O)[O-])cc3)n2)CC(C)O1. The number of aromatic nitrogens is 2. The minimum absolute atomic E-state index is 0.0122. The maximum absolute atomic E-state index is 10.8. The molecule has 2 atom stereocenters. The highest BCUT2D eigenvalue weighted by molar-refractivity contribution is 5.60. The molecule has 0 saturated carbocycles. The Balaban J connectivity index is 1.88. The van der Waals surface area contributed by atoms with Crippen LogP contribution >= 0.6 is 0 Å². The second-order valence-corrected chi connectivity index (χ2v) is 6.42. The van der Waals surface area contributed by atoms with Gasteiger partial charge < -0.3 is 14.4 Å². The molecule has 0 N–H and O–H groups in total. The van der Waals surface area contributed by atoms with E-state index in [9.17, 15) is 10.1 Å². The Morgan fingerprint density at radius 3 is 2.69 bits per heavy atom. The van der Waals surface area contributed by atoms with Crippen LogP contribution in [0.1, 0.15) is 12.6 Å². The number of ether oxygens (including phenoxy) is 2. The molecule has 138 valence electrons. The standard InChI is InChI=1S/C18H22N4O4/c1-12-8-17(21-9-13(2)26-16(10-21)11-25-3)20-18(19-12)14-4-6-15(7-5-14)22(23)24/h4-8,13,16H,9-11H2,1-3H3. The van der Waals surface area contributed by atoms with Crippen molar-refractivity contribution in [1.82, 2.24) is 9.97 Å². The Bertz CT molecular complexity index is 781. The predicted molar refractivity (Wildman–Crippen MR) is 97.3 cm³/mol. The largest absolute Gasteiger partial charge is 0.382 e. The second-order valence-electron chi connectivity index (χ2n) is 6.42. The molecule has 1 aromatic heterocycles. The van der Waals surface area contributed by atoms with Crippen LogP contribution in [0.3, 0.4) is 0 Å². The zero-order chi connectivity index (χ0) is 18.7. The first-order chi connectivity index (χ1) is 12.5. The van der Waals surface area contributed by atoms with Gasteiger partial charge in [0.25, 0.3) is 5.69 Å². The number of hydrogen-bond acceptors (Lipinski definition) is 7. The zero-order valence-electron chi connectivity index (χ0n) is 15.1. The summed E-state index contributed by atoms with van der Waals surface area (Å²) in [4.78, 5) is 21.7. The van der Waals surface area contributed by atoms with Gasteiger partial charge in [0, 0.05) is 49.7 Å². The Morgan fingerprint density at radius 2 is 2.04 bits per heavy atom. The summed E-state index contributed by atoms with van der Waals surface area (Å²) < 4.78 is 11.1.